The molecule has 0 atom stereocenters. The summed E-state index contributed by atoms with van der Waals surface area (Å²) in [6.45, 7) is 14.0. The van der Waals surface area contributed by atoms with Gasteiger partial charge in [-0.3, -0.25) is 40.1 Å². The van der Waals surface area contributed by atoms with E-state index < -0.39 is 0 Å². The molecule has 686 valence electrons. The summed E-state index contributed by atoms with van der Waals surface area (Å²) in [7, 11) is 7.09. The molecule has 40 heteroatoms. The van der Waals surface area contributed by atoms with Gasteiger partial charge in [0.2, 0.25) is 41.1 Å². The second-order valence-electron chi connectivity index (χ2n) is 29.8. The lowest BCUT2D eigenvalue weighted by atomic mass is 10.1. The Kier molecular flexibility index (Phi) is 35.3. The highest BCUT2D eigenvalue weighted by atomic mass is 32.1. The Labute approximate surface area is 805 Å². The first-order valence-electron chi connectivity index (χ1n) is 42.2. The number of para-hydroxylation sites is 5. The highest BCUT2D eigenvalue weighted by Gasteiger charge is 2.17. The van der Waals surface area contributed by atoms with E-state index >= 15 is 0 Å². The van der Waals surface area contributed by atoms with Gasteiger partial charge in [-0.25, -0.2) is 112 Å². The quantitative estimate of drug-likeness (QED) is 0.0206. The minimum absolute atomic E-state index is 0.0337. The zero-order valence-corrected chi connectivity index (χ0v) is 82.3. The van der Waals surface area contributed by atoms with Gasteiger partial charge in [0, 0.05) is 65.3 Å². The van der Waals surface area contributed by atoms with E-state index in [0.717, 1.165) is 168 Å². The average Bonchev–Trinajstić information content (AvgIpc) is 1.63. The smallest absolute Gasteiger partial charge is 0.205 e. The number of aromatic nitrogens is 14. The van der Waals surface area contributed by atoms with Crippen molar-refractivity contribution in [2.24, 2.45) is 46.7 Å². The molecule has 0 saturated carbocycles. The van der Waals surface area contributed by atoms with Crippen LogP contribution in [0.2, 0.25) is 0 Å². The summed E-state index contributed by atoms with van der Waals surface area (Å²) in [5, 5.41) is 31.8. The Hall–Kier alpha value is -12.4. The predicted molar refractivity (Wildman–Crippen MR) is 566 cm³/mol. The van der Waals surface area contributed by atoms with Gasteiger partial charge >= 0.3 is 0 Å². The number of nitrogens with two attached hydrogens (primary N) is 8. The molecule has 0 fully saturated rings. The molecule has 31 nitrogen and oxygen atoms in total. The van der Waals surface area contributed by atoms with Gasteiger partial charge in [-0.05, 0) is 155 Å². The highest BCUT2D eigenvalue weighted by Crippen LogP contribution is 2.37. The van der Waals surface area contributed by atoms with Crippen LogP contribution >= 0.6 is 102 Å². The van der Waals surface area contributed by atoms with Gasteiger partial charge < -0.3 is 5.11 Å². The van der Waals surface area contributed by atoms with Crippen LogP contribution < -0.4 is 86.8 Å². The number of aryl methyl sites for hydroxylation is 4. The lowest BCUT2D eigenvalue weighted by molar-refractivity contribution is 0.282. The minimum Gasteiger partial charge on any atom is -0.392 e. The van der Waals surface area contributed by atoms with Crippen LogP contribution in [0.3, 0.4) is 0 Å². The van der Waals surface area contributed by atoms with Crippen molar-refractivity contribution >= 4 is 258 Å². The maximum Gasteiger partial charge on any atom is 0.205 e. The van der Waals surface area contributed by atoms with Gasteiger partial charge in [-0.15, -0.1) is 11.3 Å². The second-order valence-corrected chi connectivity index (χ2v) is 39.0. The molecule has 9 aromatic carbocycles. The first kappa shape index (κ1) is 98.1. The minimum atomic E-state index is 0.0337. The maximum absolute atomic E-state index is 9.02. The van der Waals surface area contributed by atoms with Gasteiger partial charge in [0.05, 0.1) is 94.7 Å². The number of thiazole rings is 9. The van der Waals surface area contributed by atoms with Gasteiger partial charge in [0.1, 0.15) is 16.2 Å². The molecule has 17 N–H and O–H groups in total. The largest absolute Gasteiger partial charge is 0.392 e. The monoisotopic (exact) mass is 1940 g/mol. The summed E-state index contributed by atoms with van der Waals surface area (Å²) in [4.78, 5) is 62.2. The van der Waals surface area contributed by atoms with Crippen LogP contribution in [0.25, 0.3) is 103 Å². The Bertz CT molecular complexity index is 6810. The summed E-state index contributed by atoms with van der Waals surface area (Å²) in [6, 6.07) is 72.1. The Morgan fingerprint density at radius 2 is 0.737 bits per heavy atom. The molecular weight excluding hydrogens is 1840 g/mol. The summed E-state index contributed by atoms with van der Waals surface area (Å²) in [5.74, 6) is 47.2. The van der Waals surface area contributed by atoms with Gasteiger partial charge in [-0.1, -0.05) is 251 Å². The number of unbranched alkanes of at least 4 members (excludes halogenated alkanes) is 4. The standard InChI is InChI=1S/C14H13N3OS.C14H13N3S.C14H21N3S.C12H11N3S.C10H13N3S.2C8H9N3S.C7H8N4S.C6H7N5S/c15-17(11-7-5-10(9-18)6-8-11)14-16-12-3-1-2-4-13(12)19-14;1-10-6-8-11(9-7-10)17(15)14-16-12-4-2-3-5-13(12)18-14;1-2-3-4-5-8-11-17(15)14-16-12-9-6-7-10-13(12)18-14;1-15(13)12-14-11-9-5-3-2-4-8(9)6-7-10(11)16-12;1-2-7-13(11)10-12-8-5-3-4-6-9(8)14-10;1-4-7-8(10-5(2)9-4)11-6(3)12-7;1-11(9)8-10-6-4-2-3-5-7(6)12-8;1-11(8)7-10-5-3-2-4-9-6(5)12-7;1-11(7)6-10-4-5(12-6)9-3-2-8-4/h1-8,18H,9,15H2;2-9H,15H2,1H3;6-7,9-10H,2-5,8,11,15H2,1H3;2-7H,13H2,1H3;3-6H,2,7,11H2,1H3;1-3H3;2-5H,9H2,1H3;2-4H,8H2,1H3;2-3H,7H2,1H3. The lowest BCUT2D eigenvalue weighted by Crippen LogP contribution is -2.31. The van der Waals surface area contributed by atoms with Crippen LogP contribution in [0.1, 0.15) is 80.0 Å². The van der Waals surface area contributed by atoms with E-state index in [4.69, 9.17) is 51.8 Å². The number of hydrogen-bond acceptors (Lipinski definition) is 40. The molecule has 0 amide bonds. The summed E-state index contributed by atoms with van der Waals surface area (Å²) in [5.41, 5.74) is 13.3. The van der Waals surface area contributed by atoms with Crippen LogP contribution in [-0.4, -0.2) is 116 Å². The number of benzene rings is 9. The summed E-state index contributed by atoms with van der Waals surface area (Å²) >= 11 is 14.2. The molecule has 0 radical (unpaired) electrons. The van der Waals surface area contributed by atoms with Crippen LogP contribution in [0.4, 0.5) is 52.4 Å². The third-order valence-corrected chi connectivity index (χ3v) is 28.9. The number of hydrogen-bond donors (Lipinski definition) is 9. The molecular formula is C93H104N30OS9. The van der Waals surface area contributed by atoms with Crippen LogP contribution in [-0.2, 0) is 6.61 Å². The van der Waals surface area contributed by atoms with Gasteiger partial charge in [0.25, 0.3) is 0 Å². The van der Waals surface area contributed by atoms with Gasteiger partial charge in [0.15, 0.2) is 16.1 Å². The zero-order chi connectivity index (χ0) is 94.0. The second kappa shape index (κ2) is 47.8. The molecule has 12 heterocycles. The number of aliphatic hydroxyl groups is 1. The number of pyridine rings is 1. The van der Waals surface area contributed by atoms with Gasteiger partial charge in [-0.2, -0.15) is 4.98 Å². The molecule has 0 aliphatic heterocycles. The predicted octanol–water partition coefficient (Wildman–Crippen LogP) is 20.5. The fourth-order valence-electron chi connectivity index (χ4n) is 12.6. The number of anilines is 10. The normalized spacial score (nSPS) is 10.8. The average molecular weight is 1950 g/mol. The van der Waals surface area contributed by atoms with E-state index in [2.05, 4.69) is 133 Å². The van der Waals surface area contributed by atoms with Crippen molar-refractivity contribution in [3.8, 4) is 0 Å². The van der Waals surface area contributed by atoms with E-state index in [1.807, 2.05) is 197 Å². The van der Waals surface area contributed by atoms with Crippen molar-refractivity contribution in [2.45, 2.75) is 86.7 Å². The Morgan fingerprint density at radius 3 is 1.25 bits per heavy atom. The zero-order valence-electron chi connectivity index (χ0n) is 75.0. The van der Waals surface area contributed by atoms with Crippen molar-refractivity contribution in [2.75, 3.05) is 81.4 Å². The first-order chi connectivity index (χ1) is 64.4. The van der Waals surface area contributed by atoms with E-state index in [1.165, 1.54) is 98.5 Å². The molecule has 21 aromatic rings. The van der Waals surface area contributed by atoms with Crippen molar-refractivity contribution in [1.29, 1.82) is 0 Å². The van der Waals surface area contributed by atoms with E-state index in [0.29, 0.717) is 5.65 Å². The molecule has 21 rings (SSSR count). The fourth-order valence-corrected chi connectivity index (χ4v) is 20.3. The van der Waals surface area contributed by atoms with E-state index in [1.54, 1.807) is 151 Å². The lowest BCUT2D eigenvalue weighted by Gasteiger charge is -2.15. The topological polar surface area (TPSA) is 435 Å². The molecule has 133 heavy (non-hydrogen) atoms. The van der Waals surface area contributed by atoms with Crippen molar-refractivity contribution < 1.29 is 5.11 Å². The number of hydrazine groups is 8. The number of nitrogens with zero attached hydrogens (tertiary/aromatic N) is 22. The Morgan fingerprint density at radius 1 is 0.316 bits per heavy atom. The number of fused-ring (bicyclic) bond motifs is 11. The molecule has 0 aliphatic rings. The molecule has 0 spiro atoms. The molecule has 0 saturated heterocycles. The SMILES string of the molecule is CCCCCCCN(N)c1nc2ccccc2s1.CCCN(N)c1nc2ccccc2s1.CN(N)c1nc2c(ccc3ccccc32)s1.CN(N)c1nc2ccccc2s1.CN(N)c1nc2cccnc2s1.CN(N)c1nc2nccnc2s1.Cc1ccc(N(N)c2nc3ccccc3s2)cc1.Cc1nc(C)c2sc(C)nc2n1.NN(c1ccc(CO)cc1)c1nc2ccccc2s1. The fraction of sp³-hybridized carbons (Fsp3) is 0.204. The van der Waals surface area contributed by atoms with Crippen molar-refractivity contribution in [3.05, 3.63) is 265 Å². The van der Waals surface area contributed by atoms with Crippen LogP contribution in [0, 0.1) is 27.7 Å². The molecule has 12 aromatic heterocycles. The summed E-state index contributed by atoms with van der Waals surface area (Å²) in [6.07, 6.45) is 12.4. The van der Waals surface area contributed by atoms with Crippen LogP contribution in [0.5, 0.6) is 0 Å². The van der Waals surface area contributed by atoms with Crippen molar-refractivity contribution in [1.82, 2.24) is 69.8 Å². The highest BCUT2D eigenvalue weighted by molar-refractivity contribution is 7.24. The summed E-state index contributed by atoms with van der Waals surface area (Å²) < 4.78 is 8.10. The molecule has 0 unspecified atom stereocenters. The Balaban J connectivity index is 0.000000128. The van der Waals surface area contributed by atoms with Crippen LogP contribution in [0.15, 0.2) is 237 Å². The third kappa shape index (κ3) is 26.8. The van der Waals surface area contributed by atoms with Crippen molar-refractivity contribution in [3.63, 3.8) is 0 Å². The third-order valence-electron chi connectivity index (χ3n) is 19.3. The van der Waals surface area contributed by atoms with E-state index in [9.17, 15) is 0 Å². The maximum atomic E-state index is 9.02. The molecule has 0 aliphatic carbocycles. The number of rotatable bonds is 19. The molecule has 0 bridgehead atoms. The first-order valence-corrected chi connectivity index (χ1v) is 49.5. The number of aliphatic hydroxyl groups excluding tert-OH is 1. The van der Waals surface area contributed by atoms with E-state index in [-0.39, 0.29) is 6.61 Å².